The molecule has 102 valence electrons. The van der Waals surface area contributed by atoms with Crippen LogP contribution in [0.5, 0.6) is 0 Å². The first-order valence-electron chi connectivity index (χ1n) is 5.83. The van der Waals surface area contributed by atoms with Gasteiger partial charge >= 0.3 is 11.9 Å². The van der Waals surface area contributed by atoms with Crippen molar-refractivity contribution in [3.63, 3.8) is 0 Å². The molecule has 0 spiro atoms. The number of carboxylic acid groups (broad SMARTS) is 1. The number of hydrogen-bond donors (Lipinski definition) is 2. The number of carboxylic acids is 1. The van der Waals surface area contributed by atoms with Crippen LogP contribution in [0.3, 0.4) is 0 Å². The van der Waals surface area contributed by atoms with Gasteiger partial charge in [0.15, 0.2) is 0 Å². The van der Waals surface area contributed by atoms with E-state index >= 15 is 0 Å². The minimum Gasteiger partial charge on any atom is -0.481 e. The number of alkyl halides is 2. The van der Waals surface area contributed by atoms with E-state index in [4.69, 9.17) is 5.11 Å². The van der Waals surface area contributed by atoms with Gasteiger partial charge < -0.3 is 10.4 Å². The lowest BCUT2D eigenvalue weighted by Gasteiger charge is -2.18. The Bertz CT molecular complexity index is 498. The molecule has 2 N–H and O–H groups in total. The average Bonchev–Trinajstić information content (AvgIpc) is 3.18. The normalized spacial score (nSPS) is 16.7. The summed E-state index contributed by atoms with van der Waals surface area (Å²) in [5.74, 6) is -6.18. The van der Waals surface area contributed by atoms with Crippen LogP contribution in [0.4, 0.5) is 8.78 Å². The molecule has 0 atom stereocenters. The number of hydrogen-bond acceptors (Lipinski definition) is 2. The Labute approximate surface area is 108 Å². The summed E-state index contributed by atoms with van der Waals surface area (Å²) >= 11 is 0. The number of rotatable bonds is 5. The van der Waals surface area contributed by atoms with Crippen molar-refractivity contribution in [3.8, 4) is 0 Å². The van der Waals surface area contributed by atoms with Gasteiger partial charge in [-0.1, -0.05) is 30.3 Å². The fourth-order valence-electron chi connectivity index (χ4n) is 1.76. The van der Waals surface area contributed by atoms with Crippen LogP contribution in [0.2, 0.25) is 0 Å². The zero-order chi connectivity index (χ0) is 14.1. The monoisotopic (exact) mass is 269 g/mol. The standard InChI is InChI=1S/C13H13F2NO3/c14-13(15,9-4-2-1-3-5-9)10(17)16-8-12(6-7-12)11(18)19/h1-5H,6-8H2,(H,16,17)(H,18,19). The summed E-state index contributed by atoms with van der Waals surface area (Å²) in [5.41, 5.74) is -1.46. The summed E-state index contributed by atoms with van der Waals surface area (Å²) in [6, 6.07) is 6.71. The highest BCUT2D eigenvalue weighted by Crippen LogP contribution is 2.45. The van der Waals surface area contributed by atoms with Crippen LogP contribution in [0.15, 0.2) is 30.3 Å². The summed E-state index contributed by atoms with van der Waals surface area (Å²) < 4.78 is 27.6. The van der Waals surface area contributed by atoms with Gasteiger partial charge in [-0.15, -0.1) is 0 Å². The van der Waals surface area contributed by atoms with Crippen LogP contribution in [0.25, 0.3) is 0 Å². The van der Waals surface area contributed by atoms with Gasteiger partial charge in [0.05, 0.1) is 5.41 Å². The Kier molecular flexibility index (Phi) is 3.26. The molecular formula is C13H13F2NO3. The maximum Gasteiger partial charge on any atom is 0.349 e. The van der Waals surface area contributed by atoms with Crippen molar-refractivity contribution < 1.29 is 23.5 Å². The highest BCUT2D eigenvalue weighted by molar-refractivity contribution is 5.86. The van der Waals surface area contributed by atoms with E-state index < -0.39 is 28.8 Å². The molecule has 0 heterocycles. The lowest BCUT2D eigenvalue weighted by Crippen LogP contribution is -2.42. The molecule has 4 nitrogen and oxygen atoms in total. The molecule has 1 saturated carbocycles. The first kappa shape index (κ1) is 13.5. The Hall–Kier alpha value is -1.98. The molecule has 1 aliphatic rings. The number of carbonyl (C=O) groups excluding carboxylic acids is 1. The van der Waals surface area contributed by atoms with Gasteiger partial charge in [0, 0.05) is 12.1 Å². The van der Waals surface area contributed by atoms with Crippen molar-refractivity contribution in [2.45, 2.75) is 18.8 Å². The van der Waals surface area contributed by atoms with Gasteiger partial charge in [-0.05, 0) is 12.8 Å². The molecule has 1 aromatic rings. The van der Waals surface area contributed by atoms with Crippen LogP contribution in [0.1, 0.15) is 18.4 Å². The second kappa shape index (κ2) is 4.60. The molecule has 2 rings (SSSR count). The fraction of sp³-hybridized carbons (Fsp3) is 0.385. The minimum atomic E-state index is -3.66. The van der Waals surface area contributed by atoms with Gasteiger partial charge in [0.2, 0.25) is 0 Å². The lowest BCUT2D eigenvalue weighted by molar-refractivity contribution is -0.148. The average molecular weight is 269 g/mol. The molecule has 0 aliphatic heterocycles. The van der Waals surface area contributed by atoms with Gasteiger partial charge in [-0.25, -0.2) is 0 Å². The van der Waals surface area contributed by atoms with Gasteiger partial charge in [0.25, 0.3) is 5.91 Å². The molecule has 19 heavy (non-hydrogen) atoms. The third-order valence-corrected chi connectivity index (χ3v) is 3.32. The van der Waals surface area contributed by atoms with Gasteiger partial charge in [0.1, 0.15) is 0 Å². The summed E-state index contributed by atoms with van der Waals surface area (Å²) in [7, 11) is 0. The Morgan fingerprint density at radius 1 is 1.26 bits per heavy atom. The summed E-state index contributed by atoms with van der Waals surface area (Å²) in [6.07, 6.45) is 0.805. The van der Waals surface area contributed by atoms with E-state index in [-0.39, 0.29) is 6.54 Å². The summed E-state index contributed by atoms with van der Waals surface area (Å²) in [6.45, 7) is -0.260. The zero-order valence-electron chi connectivity index (χ0n) is 10.0. The van der Waals surface area contributed by atoms with Crippen molar-refractivity contribution in [1.82, 2.24) is 5.32 Å². The van der Waals surface area contributed by atoms with Crippen LogP contribution in [-0.4, -0.2) is 23.5 Å². The van der Waals surface area contributed by atoms with E-state index in [1.54, 1.807) is 6.07 Å². The summed E-state index contributed by atoms with van der Waals surface area (Å²) in [5, 5.41) is 10.9. The van der Waals surface area contributed by atoms with Crippen molar-refractivity contribution >= 4 is 11.9 Å². The van der Waals surface area contributed by atoms with E-state index in [1.807, 2.05) is 5.32 Å². The van der Waals surface area contributed by atoms with Crippen LogP contribution in [-0.2, 0) is 15.5 Å². The fourth-order valence-corrected chi connectivity index (χ4v) is 1.76. The number of carbonyl (C=O) groups is 2. The second-order valence-electron chi connectivity index (χ2n) is 4.71. The van der Waals surface area contributed by atoms with Crippen molar-refractivity contribution in [3.05, 3.63) is 35.9 Å². The molecule has 0 aromatic heterocycles. The lowest BCUT2D eigenvalue weighted by atomic mass is 10.1. The molecule has 6 heteroatoms. The van der Waals surface area contributed by atoms with Gasteiger partial charge in [-0.2, -0.15) is 8.78 Å². The zero-order valence-corrected chi connectivity index (χ0v) is 10.0. The Morgan fingerprint density at radius 3 is 2.32 bits per heavy atom. The molecule has 1 aromatic carbocycles. The van der Waals surface area contributed by atoms with Gasteiger partial charge in [-0.3, -0.25) is 9.59 Å². The quantitative estimate of drug-likeness (QED) is 0.856. The maximum absolute atomic E-state index is 13.8. The number of aliphatic carboxylic acids is 1. The minimum absolute atomic E-state index is 0.260. The van der Waals surface area contributed by atoms with E-state index in [9.17, 15) is 18.4 Å². The topological polar surface area (TPSA) is 66.4 Å². The smallest absolute Gasteiger partial charge is 0.349 e. The van der Waals surface area contributed by atoms with Crippen LogP contribution in [0, 0.1) is 5.41 Å². The number of halogens is 2. The Balaban J connectivity index is 2.02. The molecule has 0 unspecified atom stereocenters. The van der Waals surface area contributed by atoms with Crippen LogP contribution >= 0.6 is 0 Å². The van der Waals surface area contributed by atoms with Crippen LogP contribution < -0.4 is 5.32 Å². The first-order chi connectivity index (χ1) is 8.88. The molecule has 0 saturated heterocycles. The SMILES string of the molecule is O=C(O)C1(CNC(=O)C(F)(F)c2ccccc2)CC1. The Morgan fingerprint density at radius 2 is 1.84 bits per heavy atom. The van der Waals surface area contributed by atoms with E-state index in [1.165, 1.54) is 12.1 Å². The molecule has 0 bridgehead atoms. The molecule has 0 radical (unpaired) electrons. The third-order valence-electron chi connectivity index (χ3n) is 3.32. The number of benzene rings is 1. The van der Waals surface area contributed by atoms with Crippen molar-refractivity contribution in [1.29, 1.82) is 0 Å². The van der Waals surface area contributed by atoms with E-state index in [0.29, 0.717) is 12.8 Å². The van der Waals surface area contributed by atoms with Crippen molar-refractivity contribution in [2.24, 2.45) is 5.41 Å². The number of nitrogens with one attached hydrogen (secondary N) is 1. The predicted molar refractivity (Wildman–Crippen MR) is 62.6 cm³/mol. The maximum atomic E-state index is 13.8. The summed E-state index contributed by atoms with van der Waals surface area (Å²) in [4.78, 5) is 22.4. The van der Waals surface area contributed by atoms with E-state index in [2.05, 4.69) is 0 Å². The molecule has 1 aliphatic carbocycles. The highest BCUT2D eigenvalue weighted by atomic mass is 19.3. The predicted octanol–water partition coefficient (Wildman–Crippen LogP) is 1.76. The highest BCUT2D eigenvalue weighted by Gasteiger charge is 2.51. The van der Waals surface area contributed by atoms with E-state index in [0.717, 1.165) is 12.1 Å². The molecule has 1 fully saturated rings. The van der Waals surface area contributed by atoms with Crippen molar-refractivity contribution in [2.75, 3.05) is 6.54 Å². The largest absolute Gasteiger partial charge is 0.481 e. The molecular weight excluding hydrogens is 256 g/mol. The number of amides is 1. The third kappa shape index (κ3) is 2.57. The first-order valence-corrected chi connectivity index (χ1v) is 5.83. The molecule has 1 amide bonds. The second-order valence-corrected chi connectivity index (χ2v) is 4.71.